The van der Waals surface area contributed by atoms with Gasteiger partial charge in [-0.15, -0.1) is 0 Å². The van der Waals surface area contributed by atoms with Crippen LogP contribution in [0.25, 0.3) is 0 Å². The van der Waals surface area contributed by atoms with Crippen LogP contribution in [0.1, 0.15) is 21.7 Å². The van der Waals surface area contributed by atoms with Crippen molar-refractivity contribution < 1.29 is 4.79 Å². The Bertz CT molecular complexity index is 574. The van der Waals surface area contributed by atoms with E-state index >= 15 is 0 Å². The fraction of sp³-hybridized carbons (Fsp3) is 0.0833. The van der Waals surface area contributed by atoms with Gasteiger partial charge in [0.25, 0.3) is 5.91 Å². The van der Waals surface area contributed by atoms with Crippen LogP contribution in [0.4, 0.5) is 0 Å². The van der Waals surface area contributed by atoms with Gasteiger partial charge in [0.05, 0.1) is 5.56 Å². The maximum atomic E-state index is 11.7. The molecule has 0 aliphatic rings. The van der Waals surface area contributed by atoms with Crippen LogP contribution in [0.15, 0.2) is 36.9 Å². The fourth-order valence-corrected chi connectivity index (χ4v) is 1.27. The van der Waals surface area contributed by atoms with Crippen molar-refractivity contribution in [3.63, 3.8) is 0 Å². The molecule has 88 valence electrons. The minimum absolute atomic E-state index is 0.0397. The average molecular weight is 239 g/mol. The first-order valence-corrected chi connectivity index (χ1v) is 5.19. The molecule has 1 N–H and O–H groups in total. The lowest BCUT2D eigenvalue weighted by Gasteiger charge is -2.03. The SMILES string of the molecule is N#Cc1cnc(C(=O)NCc2cccnc2)nc1. The first-order valence-electron chi connectivity index (χ1n) is 5.19. The van der Waals surface area contributed by atoms with Gasteiger partial charge in [0.15, 0.2) is 0 Å². The van der Waals surface area contributed by atoms with Gasteiger partial charge in [-0.2, -0.15) is 5.26 Å². The van der Waals surface area contributed by atoms with E-state index < -0.39 is 0 Å². The average Bonchev–Trinajstić information content (AvgIpc) is 2.46. The quantitative estimate of drug-likeness (QED) is 0.850. The van der Waals surface area contributed by atoms with E-state index in [1.165, 1.54) is 12.4 Å². The molecule has 0 saturated heterocycles. The predicted octanol–water partition coefficient (Wildman–Crippen LogP) is 0.673. The van der Waals surface area contributed by atoms with Crippen LogP contribution < -0.4 is 5.32 Å². The molecule has 2 heterocycles. The molecule has 0 fully saturated rings. The zero-order valence-corrected chi connectivity index (χ0v) is 9.37. The molecule has 18 heavy (non-hydrogen) atoms. The van der Waals surface area contributed by atoms with Crippen molar-refractivity contribution in [1.29, 1.82) is 5.26 Å². The molecule has 0 unspecified atom stereocenters. The van der Waals surface area contributed by atoms with Crippen LogP contribution in [0.2, 0.25) is 0 Å². The summed E-state index contributed by atoms with van der Waals surface area (Å²) in [6.45, 7) is 0.357. The van der Waals surface area contributed by atoms with Gasteiger partial charge >= 0.3 is 0 Å². The number of nitrogens with one attached hydrogen (secondary N) is 1. The molecule has 0 saturated carbocycles. The van der Waals surface area contributed by atoms with Gasteiger partial charge in [-0.05, 0) is 11.6 Å². The van der Waals surface area contributed by atoms with Crippen LogP contribution in [-0.4, -0.2) is 20.9 Å². The maximum Gasteiger partial charge on any atom is 0.289 e. The van der Waals surface area contributed by atoms with Crippen molar-refractivity contribution in [2.75, 3.05) is 0 Å². The Morgan fingerprint density at radius 3 is 2.72 bits per heavy atom. The largest absolute Gasteiger partial charge is 0.345 e. The first-order chi connectivity index (χ1) is 8.79. The lowest BCUT2D eigenvalue weighted by Crippen LogP contribution is -2.24. The van der Waals surface area contributed by atoms with Gasteiger partial charge in [0, 0.05) is 31.3 Å². The second-order valence-electron chi connectivity index (χ2n) is 3.45. The van der Waals surface area contributed by atoms with Crippen molar-refractivity contribution >= 4 is 5.91 Å². The Morgan fingerprint density at radius 2 is 2.11 bits per heavy atom. The van der Waals surface area contributed by atoms with E-state index in [-0.39, 0.29) is 11.7 Å². The number of carbonyl (C=O) groups is 1. The Balaban J connectivity index is 1.98. The van der Waals surface area contributed by atoms with E-state index in [9.17, 15) is 4.79 Å². The monoisotopic (exact) mass is 239 g/mol. The van der Waals surface area contributed by atoms with Gasteiger partial charge in [0.1, 0.15) is 6.07 Å². The van der Waals surface area contributed by atoms with Crippen molar-refractivity contribution in [1.82, 2.24) is 20.3 Å². The maximum absolute atomic E-state index is 11.7. The molecular formula is C12H9N5O. The standard InChI is InChI=1S/C12H9N5O/c13-4-10-7-15-11(16-8-10)12(18)17-6-9-2-1-3-14-5-9/h1-3,5,7-8H,6H2,(H,17,18). The van der Waals surface area contributed by atoms with Gasteiger partial charge in [-0.1, -0.05) is 6.07 Å². The lowest BCUT2D eigenvalue weighted by atomic mass is 10.3. The molecule has 1 amide bonds. The third kappa shape index (κ3) is 2.86. The summed E-state index contributed by atoms with van der Waals surface area (Å²) in [4.78, 5) is 23.2. The molecule has 0 bridgehead atoms. The predicted molar refractivity (Wildman–Crippen MR) is 62.2 cm³/mol. The molecule has 6 heteroatoms. The van der Waals surface area contributed by atoms with E-state index in [4.69, 9.17) is 5.26 Å². The molecule has 6 nitrogen and oxygen atoms in total. The van der Waals surface area contributed by atoms with E-state index in [0.717, 1.165) is 5.56 Å². The van der Waals surface area contributed by atoms with Crippen LogP contribution in [0.5, 0.6) is 0 Å². The Morgan fingerprint density at radius 1 is 1.33 bits per heavy atom. The van der Waals surface area contributed by atoms with E-state index in [2.05, 4.69) is 20.3 Å². The van der Waals surface area contributed by atoms with Gasteiger partial charge in [0.2, 0.25) is 5.82 Å². The van der Waals surface area contributed by atoms with Crippen molar-refractivity contribution in [3.8, 4) is 6.07 Å². The number of amides is 1. The summed E-state index contributed by atoms with van der Waals surface area (Å²) in [6.07, 6.45) is 5.95. The normalized spacial score (nSPS) is 9.50. The van der Waals surface area contributed by atoms with Crippen LogP contribution in [-0.2, 0) is 6.54 Å². The summed E-state index contributed by atoms with van der Waals surface area (Å²) in [6, 6.07) is 5.53. The van der Waals surface area contributed by atoms with Crippen molar-refractivity contribution in [2.24, 2.45) is 0 Å². The summed E-state index contributed by atoms with van der Waals surface area (Å²) in [5, 5.41) is 11.2. The van der Waals surface area contributed by atoms with E-state index in [1.807, 2.05) is 12.1 Å². The second kappa shape index (κ2) is 5.50. The molecule has 0 atom stereocenters. The molecule has 0 aromatic carbocycles. The smallest absolute Gasteiger partial charge is 0.289 e. The molecule has 2 aromatic rings. The van der Waals surface area contributed by atoms with Crippen LogP contribution >= 0.6 is 0 Å². The number of nitriles is 1. The minimum atomic E-state index is -0.386. The number of carbonyl (C=O) groups excluding carboxylic acids is 1. The number of aromatic nitrogens is 3. The highest BCUT2D eigenvalue weighted by Crippen LogP contribution is 1.97. The number of nitrogens with zero attached hydrogens (tertiary/aromatic N) is 4. The minimum Gasteiger partial charge on any atom is -0.345 e. The van der Waals surface area contributed by atoms with Gasteiger partial charge < -0.3 is 5.32 Å². The van der Waals surface area contributed by atoms with Crippen LogP contribution in [0.3, 0.4) is 0 Å². The van der Waals surface area contributed by atoms with Crippen molar-refractivity contribution in [2.45, 2.75) is 6.54 Å². The molecule has 2 aromatic heterocycles. The summed E-state index contributed by atoms with van der Waals surface area (Å²) < 4.78 is 0. The zero-order chi connectivity index (χ0) is 12.8. The number of pyridine rings is 1. The fourth-order valence-electron chi connectivity index (χ4n) is 1.27. The first kappa shape index (κ1) is 11.7. The summed E-state index contributed by atoms with van der Waals surface area (Å²) in [7, 11) is 0. The summed E-state index contributed by atoms with van der Waals surface area (Å²) in [5.41, 5.74) is 1.21. The van der Waals surface area contributed by atoms with E-state index in [1.54, 1.807) is 18.5 Å². The molecule has 0 aliphatic carbocycles. The Labute approximate surface area is 103 Å². The van der Waals surface area contributed by atoms with Gasteiger partial charge in [-0.25, -0.2) is 9.97 Å². The zero-order valence-electron chi connectivity index (χ0n) is 9.37. The lowest BCUT2D eigenvalue weighted by molar-refractivity contribution is 0.0940. The summed E-state index contributed by atoms with van der Waals surface area (Å²) in [5.74, 6) is -0.346. The highest BCUT2D eigenvalue weighted by atomic mass is 16.2. The number of hydrogen-bond donors (Lipinski definition) is 1. The van der Waals surface area contributed by atoms with Crippen LogP contribution in [0, 0.1) is 11.3 Å². The number of hydrogen-bond acceptors (Lipinski definition) is 5. The Hall–Kier alpha value is -2.81. The highest BCUT2D eigenvalue weighted by molar-refractivity contribution is 5.90. The third-order valence-electron chi connectivity index (χ3n) is 2.16. The van der Waals surface area contributed by atoms with E-state index in [0.29, 0.717) is 12.1 Å². The third-order valence-corrected chi connectivity index (χ3v) is 2.16. The molecule has 2 rings (SSSR count). The Kier molecular flexibility index (Phi) is 3.56. The molecule has 0 spiro atoms. The topological polar surface area (TPSA) is 91.6 Å². The second-order valence-corrected chi connectivity index (χ2v) is 3.45. The molecule has 0 aliphatic heterocycles. The van der Waals surface area contributed by atoms with Crippen molar-refractivity contribution in [3.05, 3.63) is 53.9 Å². The number of rotatable bonds is 3. The van der Waals surface area contributed by atoms with Gasteiger partial charge in [-0.3, -0.25) is 9.78 Å². The molecular weight excluding hydrogens is 230 g/mol. The highest BCUT2D eigenvalue weighted by Gasteiger charge is 2.08. The summed E-state index contributed by atoms with van der Waals surface area (Å²) >= 11 is 0. The molecule has 0 radical (unpaired) electrons.